The number of methoxy groups -OCH3 is 3. The number of aliphatic hydroxyl groups excluding tert-OH is 1. The third kappa shape index (κ3) is 4.99. The van der Waals surface area contributed by atoms with Crippen molar-refractivity contribution in [3.63, 3.8) is 0 Å². The van der Waals surface area contributed by atoms with Gasteiger partial charge in [0.2, 0.25) is 0 Å². The topological polar surface area (TPSA) is 94.5 Å². The molecule has 1 fully saturated rings. The van der Waals surface area contributed by atoms with Crippen LogP contribution in [0.1, 0.15) is 30.5 Å². The minimum absolute atomic E-state index is 0.113. The van der Waals surface area contributed by atoms with Crippen molar-refractivity contribution in [2.24, 2.45) is 0 Å². The van der Waals surface area contributed by atoms with Crippen molar-refractivity contribution in [2.45, 2.75) is 19.4 Å². The van der Waals surface area contributed by atoms with Crippen LogP contribution in [0, 0.1) is 0 Å². The lowest BCUT2D eigenvalue weighted by Gasteiger charge is -2.26. The van der Waals surface area contributed by atoms with Crippen LogP contribution in [0.2, 0.25) is 5.02 Å². The van der Waals surface area contributed by atoms with Crippen LogP contribution in [0.4, 0.5) is 5.69 Å². The average Bonchev–Trinajstić information content (AvgIpc) is 3.21. The molecule has 198 valence electrons. The molecule has 1 amide bonds. The summed E-state index contributed by atoms with van der Waals surface area (Å²) in [5, 5.41) is 11.7. The first-order chi connectivity index (χ1) is 18.3. The fraction of sp³-hybridized carbons (Fsp3) is 0.241. The van der Waals surface area contributed by atoms with E-state index in [2.05, 4.69) is 0 Å². The monoisotopic (exact) mass is 537 g/mol. The van der Waals surface area contributed by atoms with Crippen molar-refractivity contribution in [1.29, 1.82) is 0 Å². The summed E-state index contributed by atoms with van der Waals surface area (Å²) in [6.07, 6.45) is 0.812. The molecule has 1 aliphatic rings. The molecule has 1 aliphatic heterocycles. The minimum atomic E-state index is -0.959. The van der Waals surface area contributed by atoms with Gasteiger partial charge in [-0.15, -0.1) is 0 Å². The van der Waals surface area contributed by atoms with E-state index in [0.717, 1.165) is 6.42 Å². The molecule has 4 rings (SSSR count). The van der Waals surface area contributed by atoms with Gasteiger partial charge in [-0.25, -0.2) is 0 Å². The van der Waals surface area contributed by atoms with Gasteiger partial charge >= 0.3 is 0 Å². The molecular weight excluding hydrogens is 510 g/mol. The molecule has 1 saturated heterocycles. The van der Waals surface area contributed by atoms with Crippen LogP contribution >= 0.6 is 11.6 Å². The molecule has 0 bridgehead atoms. The zero-order chi connectivity index (χ0) is 27.4. The van der Waals surface area contributed by atoms with Crippen molar-refractivity contribution in [3.8, 4) is 23.0 Å². The van der Waals surface area contributed by atoms with Crippen LogP contribution in [0.3, 0.4) is 0 Å². The number of carbonyl (C=O) groups excluding carboxylic acids is 2. The Bertz CT molecular complexity index is 1380. The number of ketones is 1. The van der Waals surface area contributed by atoms with Crippen LogP contribution in [0.15, 0.2) is 66.2 Å². The second-order valence-corrected chi connectivity index (χ2v) is 8.88. The highest BCUT2D eigenvalue weighted by Gasteiger charge is 2.47. The molecule has 0 radical (unpaired) electrons. The molecule has 1 N–H and O–H groups in total. The molecule has 0 aromatic heterocycles. The average molecular weight is 538 g/mol. The van der Waals surface area contributed by atoms with E-state index in [0.29, 0.717) is 35.1 Å². The Balaban J connectivity index is 1.95. The van der Waals surface area contributed by atoms with Crippen LogP contribution in [-0.2, 0) is 9.59 Å². The van der Waals surface area contributed by atoms with Gasteiger partial charge in [0.1, 0.15) is 28.8 Å². The Kier molecular flexibility index (Phi) is 8.12. The second kappa shape index (κ2) is 11.5. The number of ether oxygens (including phenoxy) is 4. The van der Waals surface area contributed by atoms with E-state index >= 15 is 0 Å². The number of hydrogen-bond acceptors (Lipinski definition) is 7. The highest BCUT2D eigenvalue weighted by molar-refractivity contribution is 6.51. The van der Waals surface area contributed by atoms with E-state index in [9.17, 15) is 14.7 Å². The summed E-state index contributed by atoms with van der Waals surface area (Å²) in [5.41, 5.74) is 1.07. The third-order valence-electron chi connectivity index (χ3n) is 6.17. The van der Waals surface area contributed by atoms with Gasteiger partial charge in [0.15, 0.2) is 0 Å². The van der Waals surface area contributed by atoms with Crippen LogP contribution in [0.25, 0.3) is 5.76 Å². The van der Waals surface area contributed by atoms with Crippen LogP contribution in [0.5, 0.6) is 23.0 Å². The lowest BCUT2D eigenvalue weighted by atomic mass is 9.94. The summed E-state index contributed by atoms with van der Waals surface area (Å²) >= 11 is 6.35. The number of anilines is 1. The molecule has 3 aromatic carbocycles. The van der Waals surface area contributed by atoms with Crippen molar-refractivity contribution in [2.75, 3.05) is 32.8 Å². The largest absolute Gasteiger partial charge is 0.507 e. The van der Waals surface area contributed by atoms with Crippen LogP contribution in [-0.4, -0.2) is 44.7 Å². The Labute approximate surface area is 225 Å². The number of benzene rings is 3. The number of Topliss-reactive ketones (excluding diaryl/α,β-unsaturated/α-hetero) is 1. The summed E-state index contributed by atoms with van der Waals surface area (Å²) in [5.74, 6) is -0.346. The summed E-state index contributed by atoms with van der Waals surface area (Å²) in [6.45, 7) is 2.50. The highest BCUT2D eigenvalue weighted by atomic mass is 35.5. The molecule has 1 unspecified atom stereocenters. The number of amides is 1. The maximum Gasteiger partial charge on any atom is 0.300 e. The first-order valence-electron chi connectivity index (χ1n) is 11.9. The lowest BCUT2D eigenvalue weighted by Crippen LogP contribution is -2.29. The van der Waals surface area contributed by atoms with Gasteiger partial charge in [-0.3, -0.25) is 14.5 Å². The SMILES string of the molecule is CCCOc1cccc(C2/C(=C(\O)c3cc(Cl)c(OC)cc3OC)C(=O)C(=O)N2c2ccc(OC)cc2)c1. The van der Waals surface area contributed by atoms with E-state index in [-0.39, 0.29) is 21.9 Å². The van der Waals surface area contributed by atoms with Crippen molar-refractivity contribution in [1.82, 2.24) is 0 Å². The number of halogens is 1. The molecular formula is C29H28ClNO7. The van der Waals surface area contributed by atoms with Crippen molar-refractivity contribution in [3.05, 3.63) is 82.4 Å². The fourth-order valence-corrected chi connectivity index (χ4v) is 4.58. The van der Waals surface area contributed by atoms with Gasteiger partial charge in [-0.1, -0.05) is 30.7 Å². The zero-order valence-electron chi connectivity index (χ0n) is 21.5. The van der Waals surface area contributed by atoms with Crippen LogP contribution < -0.4 is 23.8 Å². The molecule has 38 heavy (non-hydrogen) atoms. The van der Waals surface area contributed by atoms with Gasteiger partial charge in [0.25, 0.3) is 11.7 Å². The van der Waals surface area contributed by atoms with Gasteiger partial charge in [-0.2, -0.15) is 0 Å². The second-order valence-electron chi connectivity index (χ2n) is 8.48. The van der Waals surface area contributed by atoms with E-state index in [1.54, 1.807) is 48.5 Å². The van der Waals surface area contributed by atoms with Crippen molar-refractivity contribution >= 4 is 34.7 Å². The van der Waals surface area contributed by atoms with E-state index in [4.69, 9.17) is 30.5 Å². The Morgan fingerprint density at radius 1 is 0.921 bits per heavy atom. The Hall–Kier alpha value is -4.17. The lowest BCUT2D eigenvalue weighted by molar-refractivity contribution is -0.132. The summed E-state index contributed by atoms with van der Waals surface area (Å²) in [7, 11) is 4.41. The molecule has 3 aromatic rings. The maximum absolute atomic E-state index is 13.5. The molecule has 0 spiro atoms. The molecule has 0 aliphatic carbocycles. The summed E-state index contributed by atoms with van der Waals surface area (Å²) < 4.78 is 21.8. The molecule has 1 heterocycles. The predicted molar refractivity (Wildman–Crippen MR) is 145 cm³/mol. The van der Waals surface area contributed by atoms with Gasteiger partial charge in [-0.05, 0) is 54.4 Å². The number of rotatable bonds is 9. The number of carbonyl (C=O) groups is 2. The first kappa shape index (κ1) is 26.9. The smallest absolute Gasteiger partial charge is 0.300 e. The molecule has 9 heteroatoms. The van der Waals surface area contributed by atoms with Gasteiger partial charge in [0.05, 0.1) is 50.1 Å². The first-order valence-corrected chi connectivity index (χ1v) is 12.3. The van der Waals surface area contributed by atoms with Gasteiger partial charge < -0.3 is 24.1 Å². The fourth-order valence-electron chi connectivity index (χ4n) is 4.34. The quantitative estimate of drug-likeness (QED) is 0.210. The minimum Gasteiger partial charge on any atom is -0.507 e. The maximum atomic E-state index is 13.5. The Morgan fingerprint density at radius 2 is 1.63 bits per heavy atom. The molecule has 8 nitrogen and oxygen atoms in total. The highest BCUT2D eigenvalue weighted by Crippen LogP contribution is 2.45. The number of aliphatic hydroxyl groups is 1. The third-order valence-corrected chi connectivity index (χ3v) is 6.47. The molecule has 1 atom stereocenters. The standard InChI is InChI=1S/C29H28ClNO7/c1-5-13-38-20-8-6-7-17(14-20)26-25(27(32)21-15-22(30)24(37-4)16-23(21)36-3)28(33)29(34)31(26)18-9-11-19(35-2)12-10-18/h6-12,14-16,26,32H,5,13H2,1-4H3/b27-25+. The normalized spacial score (nSPS) is 16.4. The van der Waals surface area contributed by atoms with E-state index in [1.165, 1.54) is 38.4 Å². The number of hydrogen-bond donors (Lipinski definition) is 1. The van der Waals surface area contributed by atoms with E-state index in [1.807, 2.05) is 6.92 Å². The van der Waals surface area contributed by atoms with Gasteiger partial charge in [0, 0.05) is 11.8 Å². The number of nitrogens with zero attached hydrogens (tertiary/aromatic N) is 1. The Morgan fingerprint density at radius 3 is 2.26 bits per heavy atom. The predicted octanol–water partition coefficient (Wildman–Crippen LogP) is 5.78. The summed E-state index contributed by atoms with van der Waals surface area (Å²) in [6, 6.07) is 15.8. The van der Waals surface area contributed by atoms with Crippen molar-refractivity contribution < 1.29 is 33.6 Å². The van der Waals surface area contributed by atoms with E-state index < -0.39 is 23.5 Å². The zero-order valence-corrected chi connectivity index (χ0v) is 22.2. The summed E-state index contributed by atoms with van der Waals surface area (Å²) in [4.78, 5) is 28.3. The molecule has 0 saturated carbocycles.